The van der Waals surface area contributed by atoms with E-state index in [0.717, 1.165) is 17.7 Å². The lowest BCUT2D eigenvalue weighted by atomic mass is 10.1. The number of rotatable bonds is 7. The number of hydrogen-bond donors (Lipinski definition) is 1. The van der Waals surface area contributed by atoms with Gasteiger partial charge in [-0.2, -0.15) is 5.10 Å². The molecule has 2 aromatic heterocycles. The lowest BCUT2D eigenvalue weighted by molar-refractivity contribution is 0.0937. The van der Waals surface area contributed by atoms with Gasteiger partial charge in [-0.1, -0.05) is 31.1 Å². The molecule has 7 heteroatoms. The maximum atomic E-state index is 12.5. The molecule has 0 atom stereocenters. The predicted molar refractivity (Wildman–Crippen MR) is 101 cm³/mol. The first kappa shape index (κ1) is 18.7. The van der Waals surface area contributed by atoms with E-state index in [9.17, 15) is 4.79 Å². The Morgan fingerprint density at radius 3 is 2.81 bits per heavy atom. The molecule has 1 amide bonds. The molecule has 0 bridgehead atoms. The Hall–Kier alpha value is -3.09. The van der Waals surface area contributed by atoms with Gasteiger partial charge in [0.1, 0.15) is 17.1 Å². The molecule has 0 aliphatic rings. The second-order valence-corrected chi connectivity index (χ2v) is 6.80. The number of methoxy groups -OCH3 is 1. The molecule has 0 radical (unpaired) electrons. The predicted octanol–water partition coefficient (Wildman–Crippen LogP) is 3.21. The zero-order valence-corrected chi connectivity index (χ0v) is 16.0. The summed E-state index contributed by atoms with van der Waals surface area (Å²) in [6.45, 7) is 4.49. The average Bonchev–Trinajstić information content (AvgIpc) is 3.25. The van der Waals surface area contributed by atoms with Crippen molar-refractivity contribution in [2.45, 2.75) is 26.8 Å². The summed E-state index contributed by atoms with van der Waals surface area (Å²) < 4.78 is 12.3. The number of hydrogen-bond acceptors (Lipinski definition) is 5. The van der Waals surface area contributed by atoms with Gasteiger partial charge in [-0.15, -0.1) is 0 Å². The first-order chi connectivity index (χ1) is 13.0. The highest BCUT2D eigenvalue weighted by Crippen LogP contribution is 2.28. The van der Waals surface area contributed by atoms with Crippen molar-refractivity contribution < 1.29 is 14.1 Å². The smallest absolute Gasteiger partial charge is 0.269 e. The SMILES string of the molecule is COc1ccccc1-c1cc(CNC(=O)c2cc(CC(C)C)nn2C)on1. The highest BCUT2D eigenvalue weighted by atomic mass is 16.5. The van der Waals surface area contributed by atoms with E-state index in [1.165, 1.54) is 0 Å². The largest absolute Gasteiger partial charge is 0.496 e. The zero-order chi connectivity index (χ0) is 19.4. The minimum atomic E-state index is -0.199. The normalized spacial score (nSPS) is 11.0. The van der Waals surface area contributed by atoms with Gasteiger partial charge in [-0.05, 0) is 30.5 Å². The van der Waals surface area contributed by atoms with Crippen LogP contribution in [0.3, 0.4) is 0 Å². The number of nitrogens with one attached hydrogen (secondary N) is 1. The number of para-hydroxylation sites is 1. The van der Waals surface area contributed by atoms with Gasteiger partial charge in [0.15, 0.2) is 5.76 Å². The van der Waals surface area contributed by atoms with Gasteiger partial charge in [-0.3, -0.25) is 9.48 Å². The Balaban J connectivity index is 1.66. The van der Waals surface area contributed by atoms with Crippen LogP contribution in [-0.2, 0) is 20.0 Å². The molecule has 0 saturated carbocycles. The number of amides is 1. The summed E-state index contributed by atoms with van der Waals surface area (Å²) in [6, 6.07) is 11.2. The number of carbonyl (C=O) groups excluding carboxylic acids is 1. The minimum absolute atomic E-state index is 0.199. The number of aromatic nitrogens is 3. The number of ether oxygens (including phenoxy) is 1. The van der Waals surface area contributed by atoms with Gasteiger partial charge in [0, 0.05) is 18.7 Å². The maximum absolute atomic E-state index is 12.5. The molecule has 0 saturated heterocycles. The van der Waals surface area contributed by atoms with E-state index in [0.29, 0.717) is 28.8 Å². The molecular weight excluding hydrogens is 344 g/mol. The third kappa shape index (κ3) is 4.36. The average molecular weight is 368 g/mol. The summed E-state index contributed by atoms with van der Waals surface area (Å²) >= 11 is 0. The Morgan fingerprint density at radius 1 is 1.30 bits per heavy atom. The first-order valence-electron chi connectivity index (χ1n) is 8.88. The Bertz CT molecular complexity index is 927. The number of aryl methyl sites for hydroxylation is 1. The van der Waals surface area contributed by atoms with E-state index in [4.69, 9.17) is 9.26 Å². The van der Waals surface area contributed by atoms with E-state index in [1.54, 1.807) is 24.9 Å². The summed E-state index contributed by atoms with van der Waals surface area (Å²) in [5, 5.41) is 11.3. The van der Waals surface area contributed by atoms with Crippen LogP contribution in [0.15, 0.2) is 40.9 Å². The van der Waals surface area contributed by atoms with Crippen LogP contribution >= 0.6 is 0 Å². The number of nitrogens with zero attached hydrogens (tertiary/aromatic N) is 3. The highest BCUT2D eigenvalue weighted by Gasteiger charge is 2.16. The molecule has 1 N–H and O–H groups in total. The minimum Gasteiger partial charge on any atom is -0.496 e. The van der Waals surface area contributed by atoms with Crippen molar-refractivity contribution in [3.8, 4) is 17.0 Å². The van der Waals surface area contributed by atoms with Gasteiger partial charge >= 0.3 is 0 Å². The van der Waals surface area contributed by atoms with Crippen molar-refractivity contribution in [2.75, 3.05) is 7.11 Å². The Kier molecular flexibility index (Phi) is 5.59. The molecule has 2 heterocycles. The zero-order valence-electron chi connectivity index (χ0n) is 16.0. The van der Waals surface area contributed by atoms with Crippen LogP contribution in [0.2, 0.25) is 0 Å². The fourth-order valence-corrected chi connectivity index (χ4v) is 2.89. The van der Waals surface area contributed by atoms with Crippen LogP contribution in [0, 0.1) is 5.92 Å². The van der Waals surface area contributed by atoms with Crippen LogP contribution in [0.25, 0.3) is 11.3 Å². The quantitative estimate of drug-likeness (QED) is 0.692. The molecule has 0 unspecified atom stereocenters. The highest BCUT2D eigenvalue weighted by molar-refractivity contribution is 5.92. The summed E-state index contributed by atoms with van der Waals surface area (Å²) in [5.74, 6) is 1.57. The van der Waals surface area contributed by atoms with Crippen molar-refractivity contribution in [2.24, 2.45) is 13.0 Å². The van der Waals surface area contributed by atoms with Crippen LogP contribution in [0.5, 0.6) is 5.75 Å². The van der Waals surface area contributed by atoms with E-state index in [1.807, 2.05) is 30.3 Å². The molecule has 1 aromatic carbocycles. The maximum Gasteiger partial charge on any atom is 0.269 e. The molecule has 0 fully saturated rings. The van der Waals surface area contributed by atoms with Crippen molar-refractivity contribution in [3.05, 3.63) is 53.5 Å². The summed E-state index contributed by atoms with van der Waals surface area (Å²) in [7, 11) is 3.38. The summed E-state index contributed by atoms with van der Waals surface area (Å²) in [5.41, 5.74) is 2.94. The molecular formula is C20H24N4O3. The van der Waals surface area contributed by atoms with Crippen LogP contribution in [0.4, 0.5) is 0 Å². The van der Waals surface area contributed by atoms with Crippen molar-refractivity contribution >= 4 is 5.91 Å². The van der Waals surface area contributed by atoms with Gasteiger partial charge in [0.2, 0.25) is 0 Å². The molecule has 142 valence electrons. The van der Waals surface area contributed by atoms with E-state index < -0.39 is 0 Å². The standard InChI is InChI=1S/C20H24N4O3/c1-13(2)9-14-10-18(24(3)22-14)20(25)21-12-15-11-17(23-27-15)16-7-5-6-8-19(16)26-4/h5-8,10-11,13H,9,12H2,1-4H3,(H,21,25). The monoisotopic (exact) mass is 368 g/mol. The summed E-state index contributed by atoms with van der Waals surface area (Å²) in [4.78, 5) is 12.5. The fourth-order valence-electron chi connectivity index (χ4n) is 2.89. The van der Waals surface area contributed by atoms with Crippen LogP contribution in [-0.4, -0.2) is 28.0 Å². The van der Waals surface area contributed by atoms with Gasteiger partial charge < -0.3 is 14.6 Å². The van der Waals surface area contributed by atoms with Crippen molar-refractivity contribution in [1.29, 1.82) is 0 Å². The second-order valence-electron chi connectivity index (χ2n) is 6.80. The molecule has 3 aromatic rings. The molecule has 0 spiro atoms. The lowest BCUT2D eigenvalue weighted by Gasteiger charge is -2.04. The van der Waals surface area contributed by atoms with E-state index in [-0.39, 0.29) is 12.5 Å². The molecule has 0 aliphatic heterocycles. The molecule has 27 heavy (non-hydrogen) atoms. The van der Waals surface area contributed by atoms with Gasteiger partial charge in [0.05, 0.1) is 19.3 Å². The second kappa shape index (κ2) is 8.07. The Morgan fingerprint density at radius 2 is 2.07 bits per heavy atom. The summed E-state index contributed by atoms with van der Waals surface area (Å²) in [6.07, 6.45) is 0.839. The van der Waals surface area contributed by atoms with E-state index >= 15 is 0 Å². The van der Waals surface area contributed by atoms with Crippen molar-refractivity contribution in [1.82, 2.24) is 20.3 Å². The Labute approximate surface area is 158 Å². The molecule has 3 rings (SSSR count). The van der Waals surface area contributed by atoms with Gasteiger partial charge in [-0.25, -0.2) is 0 Å². The molecule has 7 nitrogen and oxygen atoms in total. The van der Waals surface area contributed by atoms with Crippen LogP contribution in [0.1, 0.15) is 35.8 Å². The van der Waals surface area contributed by atoms with E-state index in [2.05, 4.69) is 29.4 Å². The number of benzene rings is 1. The fraction of sp³-hybridized carbons (Fsp3) is 0.350. The first-order valence-corrected chi connectivity index (χ1v) is 8.88. The third-order valence-electron chi connectivity index (χ3n) is 4.15. The third-order valence-corrected chi connectivity index (χ3v) is 4.15. The topological polar surface area (TPSA) is 82.2 Å². The van der Waals surface area contributed by atoms with Crippen molar-refractivity contribution in [3.63, 3.8) is 0 Å². The molecule has 0 aliphatic carbocycles. The number of carbonyl (C=O) groups is 1. The van der Waals surface area contributed by atoms with Crippen LogP contribution < -0.4 is 10.1 Å². The van der Waals surface area contributed by atoms with Gasteiger partial charge in [0.25, 0.3) is 5.91 Å². The lowest BCUT2D eigenvalue weighted by Crippen LogP contribution is -2.24.